The highest BCUT2D eigenvalue weighted by atomic mass is 16.3. The van der Waals surface area contributed by atoms with Crippen LogP contribution in [0.1, 0.15) is 19.5 Å². The first kappa shape index (κ1) is 12.6. The van der Waals surface area contributed by atoms with Crippen molar-refractivity contribution in [3.8, 4) is 0 Å². The van der Waals surface area contributed by atoms with Crippen molar-refractivity contribution in [1.29, 1.82) is 0 Å². The number of hydrogen-bond donors (Lipinski definition) is 2. The van der Waals surface area contributed by atoms with Gasteiger partial charge in [0.15, 0.2) is 0 Å². The summed E-state index contributed by atoms with van der Waals surface area (Å²) in [6.07, 6.45) is 1.42. The Morgan fingerprint density at radius 3 is 2.81 bits per heavy atom. The summed E-state index contributed by atoms with van der Waals surface area (Å²) < 4.78 is 0. The largest absolute Gasteiger partial charge is 0.391 e. The first-order valence-electron chi connectivity index (χ1n) is 5.44. The van der Waals surface area contributed by atoms with E-state index in [0.717, 1.165) is 5.69 Å². The second kappa shape index (κ2) is 6.23. The molecule has 1 atom stereocenters. The number of rotatable bonds is 5. The second-order valence-electron chi connectivity index (χ2n) is 4.11. The normalized spacial score (nSPS) is 12.5. The van der Waals surface area contributed by atoms with E-state index in [1.54, 1.807) is 12.3 Å². The molecule has 88 valence electrons. The van der Waals surface area contributed by atoms with Gasteiger partial charge in [0.05, 0.1) is 12.5 Å². The van der Waals surface area contributed by atoms with Gasteiger partial charge in [-0.15, -0.1) is 0 Å². The fraction of sp³-hybridized carbons (Fsp3) is 0.500. The van der Waals surface area contributed by atoms with E-state index in [4.69, 9.17) is 0 Å². The molecule has 1 aromatic rings. The lowest BCUT2D eigenvalue weighted by Crippen LogP contribution is -2.35. The quantitative estimate of drug-likeness (QED) is 0.773. The standard InChI is InChI=1S/C12H18N2O2/c1-9(2)11(15)8-14-12(16)7-10-5-3-4-6-13-10/h3-6,9,11,15H,7-8H2,1-2H3,(H,14,16). The molecule has 1 aromatic heterocycles. The Bertz CT molecular complexity index is 325. The van der Waals surface area contributed by atoms with Crippen LogP contribution in [0.15, 0.2) is 24.4 Å². The third kappa shape index (κ3) is 4.40. The van der Waals surface area contributed by atoms with Crippen LogP contribution >= 0.6 is 0 Å². The van der Waals surface area contributed by atoms with E-state index in [2.05, 4.69) is 10.3 Å². The number of nitrogens with zero attached hydrogens (tertiary/aromatic N) is 1. The zero-order valence-corrected chi connectivity index (χ0v) is 9.68. The van der Waals surface area contributed by atoms with Crippen LogP contribution in [0.3, 0.4) is 0 Å². The maximum Gasteiger partial charge on any atom is 0.226 e. The number of carbonyl (C=O) groups is 1. The number of aromatic nitrogens is 1. The third-order valence-electron chi connectivity index (χ3n) is 2.35. The molecular weight excluding hydrogens is 204 g/mol. The molecule has 1 heterocycles. The molecule has 4 nitrogen and oxygen atoms in total. The second-order valence-corrected chi connectivity index (χ2v) is 4.11. The maximum absolute atomic E-state index is 11.5. The molecule has 0 radical (unpaired) electrons. The Morgan fingerprint density at radius 2 is 2.25 bits per heavy atom. The molecule has 1 amide bonds. The van der Waals surface area contributed by atoms with E-state index in [0.29, 0.717) is 6.54 Å². The van der Waals surface area contributed by atoms with Gasteiger partial charge in [0.1, 0.15) is 0 Å². The van der Waals surface area contributed by atoms with Crippen LogP contribution in [0.25, 0.3) is 0 Å². The molecule has 0 spiro atoms. The number of pyridine rings is 1. The minimum Gasteiger partial charge on any atom is -0.391 e. The summed E-state index contributed by atoms with van der Waals surface area (Å²) in [6, 6.07) is 5.46. The molecule has 0 fully saturated rings. The van der Waals surface area contributed by atoms with Crippen molar-refractivity contribution in [1.82, 2.24) is 10.3 Å². The van der Waals surface area contributed by atoms with Crippen LogP contribution in [-0.4, -0.2) is 28.6 Å². The molecule has 0 saturated carbocycles. The van der Waals surface area contributed by atoms with Gasteiger partial charge in [0.25, 0.3) is 0 Å². The van der Waals surface area contributed by atoms with Gasteiger partial charge in [0.2, 0.25) is 5.91 Å². The lowest BCUT2D eigenvalue weighted by molar-refractivity contribution is -0.121. The van der Waals surface area contributed by atoms with Crippen molar-refractivity contribution in [2.24, 2.45) is 5.92 Å². The van der Waals surface area contributed by atoms with Crippen LogP contribution in [0.5, 0.6) is 0 Å². The summed E-state index contributed by atoms with van der Waals surface area (Å²) in [7, 11) is 0. The predicted octanol–water partition coefficient (Wildman–Crippen LogP) is 0.757. The molecule has 2 N–H and O–H groups in total. The molecule has 0 aliphatic heterocycles. The molecule has 0 aromatic carbocycles. The van der Waals surface area contributed by atoms with Crippen molar-refractivity contribution in [2.75, 3.05) is 6.54 Å². The number of aliphatic hydroxyl groups is 1. The van der Waals surface area contributed by atoms with Gasteiger partial charge in [-0.1, -0.05) is 19.9 Å². The third-order valence-corrected chi connectivity index (χ3v) is 2.35. The monoisotopic (exact) mass is 222 g/mol. The zero-order chi connectivity index (χ0) is 12.0. The van der Waals surface area contributed by atoms with Gasteiger partial charge >= 0.3 is 0 Å². The van der Waals surface area contributed by atoms with Gasteiger partial charge in [0, 0.05) is 18.4 Å². The smallest absolute Gasteiger partial charge is 0.226 e. The molecular formula is C12H18N2O2. The van der Waals surface area contributed by atoms with E-state index < -0.39 is 6.10 Å². The van der Waals surface area contributed by atoms with Gasteiger partial charge in [-0.05, 0) is 18.1 Å². The Hall–Kier alpha value is -1.42. The Balaban J connectivity index is 2.32. The number of aliphatic hydroxyl groups excluding tert-OH is 1. The highest BCUT2D eigenvalue weighted by Gasteiger charge is 2.11. The van der Waals surface area contributed by atoms with E-state index in [1.807, 2.05) is 26.0 Å². The van der Waals surface area contributed by atoms with Crippen LogP contribution in [0.2, 0.25) is 0 Å². The van der Waals surface area contributed by atoms with E-state index in [9.17, 15) is 9.90 Å². The van der Waals surface area contributed by atoms with Crippen molar-refractivity contribution < 1.29 is 9.90 Å². The molecule has 0 aliphatic carbocycles. The lowest BCUT2D eigenvalue weighted by Gasteiger charge is -2.14. The van der Waals surface area contributed by atoms with Crippen molar-refractivity contribution in [3.63, 3.8) is 0 Å². The van der Waals surface area contributed by atoms with Gasteiger partial charge < -0.3 is 10.4 Å². The number of hydrogen-bond acceptors (Lipinski definition) is 3. The highest BCUT2D eigenvalue weighted by molar-refractivity contribution is 5.78. The molecule has 0 bridgehead atoms. The average Bonchev–Trinajstić information content (AvgIpc) is 2.27. The zero-order valence-electron chi connectivity index (χ0n) is 9.68. The highest BCUT2D eigenvalue weighted by Crippen LogP contribution is 1.99. The molecule has 0 saturated heterocycles. The minimum atomic E-state index is -0.493. The van der Waals surface area contributed by atoms with E-state index in [-0.39, 0.29) is 18.2 Å². The number of nitrogens with one attached hydrogen (secondary N) is 1. The summed E-state index contributed by atoms with van der Waals surface area (Å²) in [6.45, 7) is 4.12. The van der Waals surface area contributed by atoms with Gasteiger partial charge in [-0.25, -0.2) is 0 Å². The Kier molecular flexibility index (Phi) is 4.92. The van der Waals surface area contributed by atoms with Crippen LogP contribution < -0.4 is 5.32 Å². The van der Waals surface area contributed by atoms with E-state index >= 15 is 0 Å². The van der Waals surface area contributed by atoms with Gasteiger partial charge in [-0.3, -0.25) is 9.78 Å². The fourth-order valence-electron chi connectivity index (χ4n) is 1.18. The van der Waals surface area contributed by atoms with Crippen molar-refractivity contribution in [2.45, 2.75) is 26.4 Å². The van der Waals surface area contributed by atoms with E-state index in [1.165, 1.54) is 0 Å². The van der Waals surface area contributed by atoms with Crippen molar-refractivity contribution in [3.05, 3.63) is 30.1 Å². The first-order valence-corrected chi connectivity index (χ1v) is 5.44. The Labute approximate surface area is 95.7 Å². The summed E-state index contributed by atoms with van der Waals surface area (Å²) in [4.78, 5) is 15.5. The molecule has 1 unspecified atom stereocenters. The minimum absolute atomic E-state index is 0.113. The summed E-state index contributed by atoms with van der Waals surface area (Å²) in [5.41, 5.74) is 0.735. The Morgan fingerprint density at radius 1 is 1.50 bits per heavy atom. The first-order chi connectivity index (χ1) is 7.59. The van der Waals surface area contributed by atoms with Crippen LogP contribution in [-0.2, 0) is 11.2 Å². The van der Waals surface area contributed by atoms with Crippen LogP contribution in [0, 0.1) is 5.92 Å². The predicted molar refractivity (Wildman–Crippen MR) is 61.8 cm³/mol. The summed E-state index contributed by atoms with van der Waals surface area (Å²) >= 11 is 0. The summed E-state index contributed by atoms with van der Waals surface area (Å²) in [5.74, 6) is 0.0357. The van der Waals surface area contributed by atoms with Crippen molar-refractivity contribution >= 4 is 5.91 Å². The van der Waals surface area contributed by atoms with Crippen LogP contribution in [0.4, 0.5) is 0 Å². The SMILES string of the molecule is CC(C)C(O)CNC(=O)Cc1ccccn1. The molecule has 1 rings (SSSR count). The topological polar surface area (TPSA) is 62.2 Å². The maximum atomic E-state index is 11.5. The number of carbonyl (C=O) groups excluding carboxylic acids is 1. The van der Waals surface area contributed by atoms with Gasteiger partial charge in [-0.2, -0.15) is 0 Å². The number of amides is 1. The summed E-state index contributed by atoms with van der Waals surface area (Å²) in [5, 5.41) is 12.2. The molecule has 0 aliphatic rings. The average molecular weight is 222 g/mol. The fourth-order valence-corrected chi connectivity index (χ4v) is 1.18. The molecule has 16 heavy (non-hydrogen) atoms. The molecule has 4 heteroatoms. The lowest BCUT2D eigenvalue weighted by atomic mass is 10.1.